The van der Waals surface area contributed by atoms with Gasteiger partial charge >= 0.3 is 6.61 Å². The van der Waals surface area contributed by atoms with Crippen molar-refractivity contribution in [2.45, 2.75) is 32.0 Å². The molecule has 4 heterocycles. The molecule has 0 radical (unpaired) electrons. The standard InChI is InChI=1S/C28H24F2N2O5/c29-28(30)37-23-6-2-1-4-17(23)11-24-26(35)19-8-9-22(33)20(27(19)36-24)15-31-12-16-10-18(14-31)21-5-3-7-25(34)32(21)13-16/h1-9,11,16,18,28,33H,10,12-15H2/b24-11-/t16-,18-/m0/s1. The largest absolute Gasteiger partial charge is 0.507 e. The third kappa shape index (κ3) is 4.29. The lowest BCUT2D eigenvalue weighted by molar-refractivity contribution is -0.0499. The van der Waals surface area contributed by atoms with Crippen molar-refractivity contribution in [1.82, 2.24) is 9.47 Å². The zero-order valence-electron chi connectivity index (χ0n) is 19.8. The Hall–Kier alpha value is -3.98. The molecule has 0 unspecified atom stereocenters. The highest BCUT2D eigenvalue weighted by atomic mass is 19.3. The van der Waals surface area contributed by atoms with E-state index >= 15 is 0 Å². The van der Waals surface area contributed by atoms with Crippen molar-refractivity contribution in [2.75, 3.05) is 13.1 Å². The second kappa shape index (κ2) is 9.15. The van der Waals surface area contributed by atoms with Gasteiger partial charge < -0.3 is 19.1 Å². The maximum atomic E-state index is 13.1. The fourth-order valence-electron chi connectivity index (χ4n) is 5.74. The number of halogens is 2. The molecular formula is C28H24F2N2O5. The summed E-state index contributed by atoms with van der Waals surface area (Å²) in [7, 11) is 0. The van der Waals surface area contributed by atoms with E-state index in [1.54, 1.807) is 30.3 Å². The van der Waals surface area contributed by atoms with Gasteiger partial charge in [0.05, 0.1) is 11.1 Å². The average molecular weight is 507 g/mol. The Labute approximate surface area is 211 Å². The summed E-state index contributed by atoms with van der Waals surface area (Å²) in [5.74, 6) is 0.291. The summed E-state index contributed by atoms with van der Waals surface area (Å²) in [5, 5.41) is 10.7. The summed E-state index contributed by atoms with van der Waals surface area (Å²) in [6.07, 6.45) is 2.38. The number of pyridine rings is 1. The number of ketones is 1. The van der Waals surface area contributed by atoms with Crippen molar-refractivity contribution >= 4 is 11.9 Å². The maximum Gasteiger partial charge on any atom is 0.387 e. The zero-order chi connectivity index (χ0) is 25.7. The van der Waals surface area contributed by atoms with Gasteiger partial charge in [0.25, 0.3) is 5.56 Å². The van der Waals surface area contributed by atoms with E-state index in [9.17, 15) is 23.5 Å². The van der Waals surface area contributed by atoms with E-state index in [1.807, 2.05) is 10.6 Å². The van der Waals surface area contributed by atoms with Gasteiger partial charge in [-0.15, -0.1) is 0 Å². The second-order valence-corrected chi connectivity index (χ2v) is 9.69. The minimum atomic E-state index is -3.00. The van der Waals surface area contributed by atoms with Crippen molar-refractivity contribution in [2.24, 2.45) is 5.92 Å². The number of carbonyl (C=O) groups excluding carboxylic acids is 1. The van der Waals surface area contributed by atoms with E-state index in [4.69, 9.17) is 4.74 Å². The minimum Gasteiger partial charge on any atom is -0.507 e. The Morgan fingerprint density at radius 2 is 1.89 bits per heavy atom. The molecule has 3 aliphatic heterocycles. The van der Waals surface area contributed by atoms with Crippen LogP contribution in [0.3, 0.4) is 0 Å². The van der Waals surface area contributed by atoms with E-state index < -0.39 is 12.4 Å². The average Bonchev–Trinajstić information content (AvgIpc) is 3.18. The number of Topliss-reactive ketones (excluding diaryl/α,β-unsaturated/α-hetero) is 1. The van der Waals surface area contributed by atoms with Crippen LogP contribution < -0.4 is 15.0 Å². The van der Waals surface area contributed by atoms with Crippen molar-refractivity contribution in [1.29, 1.82) is 0 Å². The summed E-state index contributed by atoms with van der Waals surface area (Å²) in [5.41, 5.74) is 2.13. The molecule has 2 aromatic carbocycles. The molecular weight excluding hydrogens is 482 g/mol. The van der Waals surface area contributed by atoms with Crippen molar-refractivity contribution < 1.29 is 28.2 Å². The monoisotopic (exact) mass is 506 g/mol. The van der Waals surface area contributed by atoms with Crippen LogP contribution in [0.4, 0.5) is 8.78 Å². The highest BCUT2D eigenvalue weighted by Gasteiger charge is 2.37. The molecule has 0 amide bonds. The molecule has 1 N–H and O–H groups in total. The van der Waals surface area contributed by atoms with Gasteiger partial charge in [-0.2, -0.15) is 8.78 Å². The number of phenolic OH excluding ortho intramolecular Hbond substituents is 1. The molecule has 190 valence electrons. The molecule has 1 fully saturated rings. The van der Waals surface area contributed by atoms with E-state index in [0.29, 0.717) is 36.7 Å². The van der Waals surface area contributed by atoms with Gasteiger partial charge in [0.15, 0.2) is 5.76 Å². The van der Waals surface area contributed by atoms with E-state index in [1.165, 1.54) is 24.3 Å². The molecule has 37 heavy (non-hydrogen) atoms. The van der Waals surface area contributed by atoms with E-state index in [0.717, 1.165) is 18.7 Å². The molecule has 3 aromatic rings. The SMILES string of the molecule is O=C1/C(=C/c2ccccc2OC(F)F)Oc2c1ccc(O)c2CN1C[C@@H]2C[C@@H](C1)c1cccc(=O)n1C2. The summed E-state index contributed by atoms with van der Waals surface area (Å²) < 4.78 is 38.0. The number of likely N-dealkylation sites (tertiary alicyclic amines) is 1. The first-order valence-corrected chi connectivity index (χ1v) is 12.1. The van der Waals surface area contributed by atoms with Gasteiger partial charge in [0.1, 0.15) is 17.2 Å². The van der Waals surface area contributed by atoms with E-state index in [2.05, 4.69) is 9.64 Å². The van der Waals surface area contributed by atoms with Gasteiger partial charge in [-0.25, -0.2) is 0 Å². The van der Waals surface area contributed by atoms with Crippen molar-refractivity contribution in [3.8, 4) is 17.2 Å². The number of fused-ring (bicyclic) bond motifs is 5. The number of hydrogen-bond donors (Lipinski definition) is 1. The molecule has 0 saturated carbocycles. The number of para-hydroxylation sites is 1. The molecule has 0 aliphatic carbocycles. The number of nitrogens with zero attached hydrogens (tertiary/aromatic N) is 2. The highest BCUT2D eigenvalue weighted by molar-refractivity contribution is 6.15. The lowest BCUT2D eigenvalue weighted by atomic mass is 9.83. The molecule has 0 spiro atoms. The normalized spacial score (nSPS) is 21.6. The van der Waals surface area contributed by atoms with Crippen LogP contribution in [0.15, 0.2) is 65.2 Å². The first kappa shape index (κ1) is 23.4. The second-order valence-electron chi connectivity index (χ2n) is 9.69. The number of aromatic nitrogens is 1. The van der Waals surface area contributed by atoms with Gasteiger partial charge in [0.2, 0.25) is 5.78 Å². The number of allylic oxidation sites excluding steroid dienone is 1. The fourth-order valence-corrected chi connectivity index (χ4v) is 5.74. The Bertz CT molecular complexity index is 1480. The number of piperidine rings is 1. The van der Waals surface area contributed by atoms with Crippen LogP contribution in [0.5, 0.6) is 17.2 Å². The van der Waals surface area contributed by atoms with Gasteiger partial charge in [0, 0.05) is 49.4 Å². The predicted molar refractivity (Wildman–Crippen MR) is 131 cm³/mol. The highest BCUT2D eigenvalue weighted by Crippen LogP contribution is 2.42. The smallest absolute Gasteiger partial charge is 0.387 e. The van der Waals surface area contributed by atoms with Gasteiger partial charge in [-0.1, -0.05) is 24.3 Å². The first-order valence-electron chi connectivity index (χ1n) is 12.1. The van der Waals surface area contributed by atoms with Crippen LogP contribution in [0.2, 0.25) is 0 Å². The summed E-state index contributed by atoms with van der Waals surface area (Å²) in [6, 6.07) is 14.5. The quantitative estimate of drug-likeness (QED) is 0.517. The van der Waals surface area contributed by atoms with Crippen LogP contribution in [0, 0.1) is 5.92 Å². The topological polar surface area (TPSA) is 81.0 Å². The molecule has 9 heteroatoms. The Morgan fingerprint density at radius 1 is 1.05 bits per heavy atom. The number of rotatable bonds is 5. The zero-order valence-corrected chi connectivity index (χ0v) is 19.8. The van der Waals surface area contributed by atoms with Crippen molar-refractivity contribution in [3.63, 3.8) is 0 Å². The number of alkyl halides is 2. The summed E-state index contributed by atoms with van der Waals surface area (Å²) >= 11 is 0. The van der Waals surface area contributed by atoms with Crippen LogP contribution >= 0.6 is 0 Å². The van der Waals surface area contributed by atoms with Crippen LogP contribution in [0.25, 0.3) is 6.08 Å². The lowest BCUT2D eigenvalue weighted by Crippen LogP contribution is -2.46. The molecule has 6 rings (SSSR count). The maximum absolute atomic E-state index is 13.1. The molecule has 3 aliphatic rings. The number of phenols is 1. The molecule has 1 aromatic heterocycles. The van der Waals surface area contributed by atoms with Crippen molar-refractivity contribution in [3.05, 3.63) is 93.1 Å². The number of ether oxygens (including phenoxy) is 2. The van der Waals surface area contributed by atoms with E-state index in [-0.39, 0.29) is 40.0 Å². The van der Waals surface area contributed by atoms with Gasteiger partial charge in [-0.05, 0) is 42.7 Å². The fraction of sp³-hybridized carbons (Fsp3) is 0.286. The Kier molecular flexibility index (Phi) is 5.79. The third-order valence-corrected chi connectivity index (χ3v) is 7.27. The summed E-state index contributed by atoms with van der Waals surface area (Å²) in [6.45, 7) is -0.531. The molecule has 2 bridgehead atoms. The Balaban J connectivity index is 1.28. The third-order valence-electron chi connectivity index (χ3n) is 7.27. The Morgan fingerprint density at radius 3 is 2.73 bits per heavy atom. The van der Waals surface area contributed by atoms with Gasteiger partial charge in [-0.3, -0.25) is 14.5 Å². The van der Waals surface area contributed by atoms with Crippen LogP contribution in [-0.2, 0) is 13.1 Å². The predicted octanol–water partition coefficient (Wildman–Crippen LogP) is 4.39. The number of benzene rings is 2. The number of carbonyl (C=O) groups is 1. The molecule has 1 saturated heterocycles. The number of hydrogen-bond acceptors (Lipinski definition) is 6. The van der Waals surface area contributed by atoms with Crippen LogP contribution in [0.1, 0.15) is 39.5 Å². The minimum absolute atomic E-state index is 0.0154. The lowest BCUT2D eigenvalue weighted by Gasteiger charge is -2.42. The summed E-state index contributed by atoms with van der Waals surface area (Å²) in [4.78, 5) is 27.7. The first-order chi connectivity index (χ1) is 17.9. The molecule has 2 atom stereocenters. The molecule has 7 nitrogen and oxygen atoms in total. The number of aromatic hydroxyl groups is 1. The van der Waals surface area contributed by atoms with Crippen LogP contribution in [-0.4, -0.2) is 40.1 Å².